The van der Waals surface area contributed by atoms with Crippen LogP contribution in [0.5, 0.6) is 11.5 Å². The number of nitrogens with one attached hydrogen (secondary N) is 1. The molecule has 1 aromatic carbocycles. The second-order valence-electron chi connectivity index (χ2n) is 7.89. The molecule has 1 aliphatic heterocycles. The highest BCUT2D eigenvalue weighted by atomic mass is 19.3. The van der Waals surface area contributed by atoms with Crippen LogP contribution in [0.3, 0.4) is 0 Å². The van der Waals surface area contributed by atoms with Crippen LogP contribution >= 0.6 is 0 Å². The van der Waals surface area contributed by atoms with Gasteiger partial charge < -0.3 is 19.5 Å². The minimum atomic E-state index is -3.16. The molecule has 0 radical (unpaired) electrons. The zero-order valence-electron chi connectivity index (χ0n) is 17.7. The van der Waals surface area contributed by atoms with Gasteiger partial charge in [0.05, 0.1) is 13.2 Å². The van der Waals surface area contributed by atoms with Crippen LogP contribution in [0.2, 0.25) is 0 Å². The average Bonchev–Trinajstić information content (AvgIpc) is 2.77. The Kier molecular flexibility index (Phi) is 8.75. The molecule has 10 heteroatoms. The van der Waals surface area contributed by atoms with Gasteiger partial charge in [0.1, 0.15) is 11.5 Å². The summed E-state index contributed by atoms with van der Waals surface area (Å²) in [7, 11) is 0. The molecule has 1 saturated heterocycles. The quantitative estimate of drug-likeness (QED) is 0.445. The number of alkyl halides is 4. The molecule has 32 heavy (non-hydrogen) atoms. The molecule has 3 rings (SSSR count). The Hall–Kier alpha value is -2.33. The van der Waals surface area contributed by atoms with E-state index in [1.54, 1.807) is 0 Å². The molecule has 0 aromatic heterocycles. The fourth-order valence-electron chi connectivity index (χ4n) is 4.36. The highest BCUT2D eigenvalue weighted by Crippen LogP contribution is 2.34. The Bertz CT molecular complexity index is 779. The van der Waals surface area contributed by atoms with Crippen molar-refractivity contribution in [1.82, 2.24) is 10.2 Å². The minimum Gasteiger partial charge on any atom is -0.435 e. The lowest BCUT2D eigenvalue weighted by Gasteiger charge is -2.48. The summed E-state index contributed by atoms with van der Waals surface area (Å²) in [5, 5.41) is 2.94. The molecule has 2 aliphatic rings. The molecule has 2 fully saturated rings. The van der Waals surface area contributed by atoms with Crippen LogP contribution in [0.25, 0.3) is 6.08 Å². The summed E-state index contributed by atoms with van der Waals surface area (Å²) >= 11 is 0. The van der Waals surface area contributed by atoms with E-state index in [0.29, 0.717) is 19.8 Å². The van der Waals surface area contributed by atoms with Gasteiger partial charge in [-0.3, -0.25) is 9.69 Å². The number of carbonyl (C=O) groups excluding carboxylic acids is 1. The summed E-state index contributed by atoms with van der Waals surface area (Å²) in [5.41, 5.74) is 0.0339. The van der Waals surface area contributed by atoms with E-state index < -0.39 is 13.2 Å². The summed E-state index contributed by atoms with van der Waals surface area (Å²) in [6.07, 6.45) is 7.90. The fourth-order valence-corrected chi connectivity index (χ4v) is 4.36. The third-order valence-electron chi connectivity index (χ3n) is 5.90. The third kappa shape index (κ3) is 6.83. The van der Waals surface area contributed by atoms with Gasteiger partial charge in [-0.2, -0.15) is 17.6 Å². The first-order chi connectivity index (χ1) is 15.4. The second kappa shape index (κ2) is 11.5. The van der Waals surface area contributed by atoms with Crippen LogP contribution in [0.1, 0.15) is 37.7 Å². The summed E-state index contributed by atoms with van der Waals surface area (Å²) in [6, 6.07) is 3.40. The number of ether oxygens (including phenoxy) is 3. The Morgan fingerprint density at radius 3 is 2.44 bits per heavy atom. The molecule has 1 saturated carbocycles. The van der Waals surface area contributed by atoms with E-state index in [4.69, 9.17) is 4.74 Å². The van der Waals surface area contributed by atoms with E-state index in [1.807, 2.05) is 0 Å². The standard InChI is InChI=1S/C22H28F4N2O4/c23-20(24)31-17-6-4-16(18(14-17)32-21(25)26)5-7-19(29)27-15-22(8-2-1-3-9-22)28-10-12-30-13-11-28/h4-7,14,20-21H,1-3,8-13,15H2,(H,27,29)/b7-5+. The van der Waals surface area contributed by atoms with E-state index in [1.165, 1.54) is 30.7 Å². The van der Waals surface area contributed by atoms with Gasteiger partial charge in [-0.05, 0) is 31.1 Å². The number of hydrogen-bond donors (Lipinski definition) is 1. The number of amides is 1. The molecule has 178 valence electrons. The number of nitrogens with zero attached hydrogens (tertiary/aromatic N) is 1. The van der Waals surface area contributed by atoms with Crippen LogP contribution < -0.4 is 14.8 Å². The number of benzene rings is 1. The summed E-state index contributed by atoms with van der Waals surface area (Å²) in [6.45, 7) is -2.77. The van der Waals surface area contributed by atoms with Crippen molar-refractivity contribution < 1.29 is 36.6 Å². The normalized spacial score (nSPS) is 19.4. The van der Waals surface area contributed by atoms with Crippen molar-refractivity contribution >= 4 is 12.0 Å². The number of carbonyl (C=O) groups is 1. The van der Waals surface area contributed by atoms with Crippen molar-refractivity contribution in [3.8, 4) is 11.5 Å². The Labute approximate surface area is 184 Å². The molecule has 0 atom stereocenters. The summed E-state index contributed by atoms with van der Waals surface area (Å²) in [5.74, 6) is -1.06. The van der Waals surface area contributed by atoms with Crippen molar-refractivity contribution in [3.05, 3.63) is 29.8 Å². The van der Waals surface area contributed by atoms with E-state index in [-0.39, 0.29) is 28.5 Å². The summed E-state index contributed by atoms with van der Waals surface area (Å²) < 4.78 is 64.3. The number of rotatable bonds is 9. The van der Waals surface area contributed by atoms with Crippen molar-refractivity contribution in [2.45, 2.75) is 50.9 Å². The number of halogens is 4. The Balaban J connectivity index is 1.65. The first kappa shape index (κ1) is 24.3. The molecule has 1 N–H and O–H groups in total. The average molecular weight is 460 g/mol. The molecule has 1 heterocycles. The van der Waals surface area contributed by atoms with Crippen LogP contribution in [0.4, 0.5) is 17.6 Å². The largest absolute Gasteiger partial charge is 0.435 e. The maximum absolute atomic E-state index is 12.7. The van der Waals surface area contributed by atoms with Crippen LogP contribution in [-0.2, 0) is 9.53 Å². The van der Waals surface area contributed by atoms with Crippen LogP contribution in [0, 0.1) is 0 Å². The van der Waals surface area contributed by atoms with Gasteiger partial charge >= 0.3 is 13.2 Å². The zero-order valence-corrected chi connectivity index (χ0v) is 17.7. The van der Waals surface area contributed by atoms with E-state index in [9.17, 15) is 22.4 Å². The molecule has 0 unspecified atom stereocenters. The van der Waals surface area contributed by atoms with Crippen molar-refractivity contribution in [2.75, 3.05) is 32.8 Å². The topological polar surface area (TPSA) is 60.0 Å². The second-order valence-corrected chi connectivity index (χ2v) is 7.89. The van der Waals surface area contributed by atoms with Gasteiger partial charge in [-0.15, -0.1) is 0 Å². The van der Waals surface area contributed by atoms with E-state index in [0.717, 1.165) is 44.8 Å². The number of hydrogen-bond acceptors (Lipinski definition) is 5. The predicted molar refractivity (Wildman–Crippen MR) is 110 cm³/mol. The van der Waals surface area contributed by atoms with Gasteiger partial charge in [0.2, 0.25) is 5.91 Å². The fraction of sp³-hybridized carbons (Fsp3) is 0.591. The Morgan fingerprint density at radius 2 is 1.78 bits per heavy atom. The van der Waals surface area contributed by atoms with Crippen molar-refractivity contribution in [3.63, 3.8) is 0 Å². The van der Waals surface area contributed by atoms with Gasteiger partial charge in [0, 0.05) is 42.9 Å². The van der Waals surface area contributed by atoms with Crippen LogP contribution in [0.15, 0.2) is 24.3 Å². The lowest BCUT2D eigenvalue weighted by Crippen LogP contribution is -2.59. The van der Waals surface area contributed by atoms with Crippen molar-refractivity contribution in [2.24, 2.45) is 0 Å². The first-order valence-corrected chi connectivity index (χ1v) is 10.7. The lowest BCUT2D eigenvalue weighted by molar-refractivity contribution is -0.117. The molecule has 1 aromatic rings. The molecular weight excluding hydrogens is 432 g/mol. The Morgan fingerprint density at radius 1 is 1.09 bits per heavy atom. The third-order valence-corrected chi connectivity index (χ3v) is 5.90. The SMILES string of the molecule is O=C(/C=C/c1ccc(OC(F)F)cc1OC(F)F)NCC1(N2CCOCC2)CCCCC1. The molecular formula is C22H28F4N2O4. The molecule has 6 nitrogen and oxygen atoms in total. The molecule has 1 aliphatic carbocycles. The minimum absolute atomic E-state index is 0.107. The van der Waals surface area contributed by atoms with Gasteiger partial charge in [0.15, 0.2) is 0 Å². The molecule has 0 spiro atoms. The van der Waals surface area contributed by atoms with Gasteiger partial charge in [-0.25, -0.2) is 0 Å². The molecule has 0 bridgehead atoms. The van der Waals surface area contributed by atoms with Crippen LogP contribution in [-0.4, -0.2) is 62.4 Å². The first-order valence-electron chi connectivity index (χ1n) is 10.7. The highest BCUT2D eigenvalue weighted by Gasteiger charge is 2.38. The maximum atomic E-state index is 12.7. The zero-order chi connectivity index (χ0) is 23.0. The van der Waals surface area contributed by atoms with Gasteiger partial charge in [-0.1, -0.05) is 19.3 Å². The monoisotopic (exact) mass is 460 g/mol. The smallest absolute Gasteiger partial charge is 0.387 e. The predicted octanol–water partition coefficient (Wildman–Crippen LogP) is 4.05. The van der Waals surface area contributed by atoms with Gasteiger partial charge in [0.25, 0.3) is 0 Å². The summed E-state index contributed by atoms with van der Waals surface area (Å²) in [4.78, 5) is 14.9. The van der Waals surface area contributed by atoms with E-state index in [2.05, 4.69) is 19.7 Å². The van der Waals surface area contributed by atoms with E-state index >= 15 is 0 Å². The maximum Gasteiger partial charge on any atom is 0.387 e. The lowest BCUT2D eigenvalue weighted by atomic mass is 9.79. The van der Waals surface area contributed by atoms with Crippen molar-refractivity contribution in [1.29, 1.82) is 0 Å². The number of morpholine rings is 1. The molecule has 1 amide bonds. The highest BCUT2D eigenvalue weighted by molar-refractivity contribution is 5.92.